The first-order valence-electron chi connectivity index (χ1n) is 7.74. The second kappa shape index (κ2) is 6.09. The molecule has 1 fully saturated rings. The molecule has 4 rings (SSSR count). The predicted molar refractivity (Wildman–Crippen MR) is 92.3 cm³/mol. The summed E-state index contributed by atoms with van der Waals surface area (Å²) in [4.78, 5) is 13.9. The molecule has 1 saturated carbocycles. The van der Waals surface area contributed by atoms with Crippen LogP contribution in [0.25, 0.3) is 5.69 Å². The highest BCUT2D eigenvalue weighted by molar-refractivity contribution is 6.31. The number of carbonyl (C=O) groups is 1. The topological polar surface area (TPSA) is 59.8 Å². The summed E-state index contributed by atoms with van der Waals surface area (Å²) in [6.45, 7) is 0. The Labute approximate surface area is 144 Å². The van der Waals surface area contributed by atoms with Crippen molar-refractivity contribution in [1.82, 2.24) is 15.0 Å². The van der Waals surface area contributed by atoms with E-state index in [0.29, 0.717) is 0 Å². The van der Waals surface area contributed by atoms with Crippen LogP contribution in [-0.4, -0.2) is 20.9 Å². The van der Waals surface area contributed by atoms with Crippen molar-refractivity contribution >= 4 is 23.2 Å². The number of rotatable bonds is 4. The number of amides is 1. The number of halogens is 1. The molecule has 2 unspecified atom stereocenters. The first-order valence-corrected chi connectivity index (χ1v) is 8.12. The quantitative estimate of drug-likeness (QED) is 0.789. The van der Waals surface area contributed by atoms with Crippen molar-refractivity contribution in [3.05, 3.63) is 71.5 Å². The van der Waals surface area contributed by atoms with Gasteiger partial charge in [-0.15, -0.1) is 0 Å². The summed E-state index contributed by atoms with van der Waals surface area (Å²) in [7, 11) is 0. The number of carbonyl (C=O) groups excluding carboxylic acids is 1. The molecule has 1 aliphatic carbocycles. The number of hydrogen-bond acceptors (Lipinski definition) is 3. The lowest BCUT2D eigenvalue weighted by Crippen LogP contribution is -2.14. The Bertz CT molecular complexity index is 861. The van der Waals surface area contributed by atoms with E-state index in [0.717, 1.165) is 28.4 Å². The normalized spacial score (nSPS) is 19.0. The lowest BCUT2D eigenvalue weighted by atomic mass is 10.1. The zero-order valence-corrected chi connectivity index (χ0v) is 13.5. The third-order valence-corrected chi connectivity index (χ3v) is 4.56. The van der Waals surface area contributed by atoms with Gasteiger partial charge in [-0.2, -0.15) is 15.0 Å². The van der Waals surface area contributed by atoms with E-state index >= 15 is 0 Å². The number of benzene rings is 2. The smallest absolute Gasteiger partial charge is 0.228 e. The van der Waals surface area contributed by atoms with Crippen molar-refractivity contribution in [3.63, 3.8) is 0 Å². The van der Waals surface area contributed by atoms with Crippen molar-refractivity contribution < 1.29 is 4.79 Å². The molecule has 6 heteroatoms. The zero-order chi connectivity index (χ0) is 16.5. The Balaban J connectivity index is 1.41. The highest BCUT2D eigenvalue weighted by atomic mass is 35.5. The van der Waals surface area contributed by atoms with Crippen LogP contribution < -0.4 is 5.32 Å². The fourth-order valence-corrected chi connectivity index (χ4v) is 3.14. The van der Waals surface area contributed by atoms with Gasteiger partial charge in [0.05, 0.1) is 18.1 Å². The molecule has 0 bridgehead atoms. The van der Waals surface area contributed by atoms with Crippen molar-refractivity contribution in [2.75, 3.05) is 5.32 Å². The predicted octanol–water partition coefficient (Wildman–Crippen LogP) is 3.66. The fraction of sp³-hybridized carbons (Fsp3) is 0.167. The third kappa shape index (κ3) is 2.90. The minimum Gasteiger partial charge on any atom is -0.326 e. The van der Waals surface area contributed by atoms with Crippen LogP contribution in [-0.2, 0) is 4.79 Å². The number of nitrogens with one attached hydrogen (secondary N) is 1. The SMILES string of the molecule is O=C(Nc1ccc(-n2nccn2)cc1)C1CC1c1ccccc1Cl. The summed E-state index contributed by atoms with van der Waals surface area (Å²) in [6.07, 6.45) is 4.08. The molecule has 1 aromatic heterocycles. The molecule has 2 aromatic carbocycles. The number of hydrogen-bond donors (Lipinski definition) is 1. The molecule has 3 aromatic rings. The Morgan fingerprint density at radius 3 is 2.50 bits per heavy atom. The maximum atomic E-state index is 12.4. The summed E-state index contributed by atoms with van der Waals surface area (Å²) < 4.78 is 0. The van der Waals surface area contributed by atoms with Crippen LogP contribution in [0.1, 0.15) is 17.9 Å². The summed E-state index contributed by atoms with van der Waals surface area (Å²) in [5.41, 5.74) is 2.67. The van der Waals surface area contributed by atoms with Crippen LogP contribution in [0, 0.1) is 5.92 Å². The van der Waals surface area contributed by atoms with Crippen LogP contribution in [0.2, 0.25) is 5.02 Å². The number of nitrogens with zero attached hydrogens (tertiary/aromatic N) is 3. The largest absolute Gasteiger partial charge is 0.326 e. The van der Waals surface area contributed by atoms with Gasteiger partial charge in [0.1, 0.15) is 0 Å². The second-order valence-corrected chi connectivity index (χ2v) is 6.23. The highest BCUT2D eigenvalue weighted by Crippen LogP contribution is 2.49. The van der Waals surface area contributed by atoms with Crippen LogP contribution in [0.5, 0.6) is 0 Å². The summed E-state index contributed by atoms with van der Waals surface area (Å²) in [5, 5.41) is 11.8. The van der Waals surface area contributed by atoms with E-state index in [4.69, 9.17) is 11.6 Å². The van der Waals surface area contributed by atoms with Crippen LogP contribution in [0.4, 0.5) is 5.69 Å². The minimum absolute atomic E-state index is 0.0163. The van der Waals surface area contributed by atoms with E-state index in [9.17, 15) is 4.79 Å². The van der Waals surface area contributed by atoms with Crippen molar-refractivity contribution in [1.29, 1.82) is 0 Å². The van der Waals surface area contributed by atoms with Gasteiger partial charge in [-0.3, -0.25) is 4.79 Å². The van der Waals surface area contributed by atoms with Gasteiger partial charge in [-0.25, -0.2) is 0 Å². The Hall–Kier alpha value is -2.66. The van der Waals surface area contributed by atoms with Gasteiger partial charge in [0, 0.05) is 16.6 Å². The number of anilines is 1. The average molecular weight is 339 g/mol. The molecule has 5 nitrogen and oxygen atoms in total. The van der Waals surface area contributed by atoms with Gasteiger partial charge in [0.2, 0.25) is 5.91 Å². The summed E-state index contributed by atoms with van der Waals surface area (Å²) in [5.74, 6) is 0.230. The number of aromatic nitrogens is 3. The minimum atomic E-state index is -0.0163. The summed E-state index contributed by atoms with van der Waals surface area (Å²) >= 11 is 6.21. The maximum absolute atomic E-state index is 12.4. The van der Waals surface area contributed by atoms with E-state index in [2.05, 4.69) is 15.5 Å². The zero-order valence-electron chi connectivity index (χ0n) is 12.8. The monoisotopic (exact) mass is 338 g/mol. The standard InChI is InChI=1S/C18H15ClN4O/c19-17-4-2-1-3-14(17)15-11-16(15)18(24)22-12-5-7-13(8-6-12)23-20-9-10-21-23/h1-10,15-16H,11H2,(H,22,24). The van der Waals surface area contributed by atoms with E-state index in [-0.39, 0.29) is 17.7 Å². The Morgan fingerprint density at radius 1 is 1.08 bits per heavy atom. The van der Waals surface area contributed by atoms with Crippen LogP contribution >= 0.6 is 11.6 Å². The molecule has 0 spiro atoms. The van der Waals surface area contributed by atoms with Gasteiger partial charge in [-0.05, 0) is 48.2 Å². The molecule has 0 saturated heterocycles. The molecule has 0 aliphatic heterocycles. The molecule has 0 radical (unpaired) electrons. The molecule has 1 amide bonds. The maximum Gasteiger partial charge on any atom is 0.228 e. The third-order valence-electron chi connectivity index (χ3n) is 4.22. The Kier molecular flexibility index (Phi) is 3.78. The molecule has 1 heterocycles. The highest BCUT2D eigenvalue weighted by Gasteiger charge is 2.44. The fourth-order valence-electron chi connectivity index (χ4n) is 2.87. The second-order valence-electron chi connectivity index (χ2n) is 5.82. The molecule has 120 valence electrons. The van der Waals surface area contributed by atoms with Crippen LogP contribution in [0.3, 0.4) is 0 Å². The first-order chi connectivity index (χ1) is 11.7. The first kappa shape index (κ1) is 14.9. The van der Waals surface area contributed by atoms with E-state index in [1.807, 2.05) is 48.5 Å². The molecule has 1 N–H and O–H groups in total. The van der Waals surface area contributed by atoms with Gasteiger partial charge >= 0.3 is 0 Å². The summed E-state index contributed by atoms with van der Waals surface area (Å²) in [6, 6.07) is 15.2. The van der Waals surface area contributed by atoms with Crippen LogP contribution in [0.15, 0.2) is 60.9 Å². The van der Waals surface area contributed by atoms with Gasteiger partial charge < -0.3 is 5.32 Å². The molecule has 24 heavy (non-hydrogen) atoms. The van der Waals surface area contributed by atoms with E-state index in [1.54, 1.807) is 12.4 Å². The average Bonchev–Trinajstić information content (AvgIpc) is 3.20. The van der Waals surface area contributed by atoms with E-state index < -0.39 is 0 Å². The van der Waals surface area contributed by atoms with Gasteiger partial charge in [0.25, 0.3) is 0 Å². The Morgan fingerprint density at radius 2 is 1.79 bits per heavy atom. The van der Waals surface area contributed by atoms with Crippen molar-refractivity contribution in [2.45, 2.75) is 12.3 Å². The van der Waals surface area contributed by atoms with Crippen molar-refractivity contribution in [3.8, 4) is 5.69 Å². The lowest BCUT2D eigenvalue weighted by molar-refractivity contribution is -0.117. The van der Waals surface area contributed by atoms with E-state index in [1.165, 1.54) is 4.80 Å². The van der Waals surface area contributed by atoms with Gasteiger partial charge in [0.15, 0.2) is 0 Å². The molecule has 2 atom stereocenters. The molecular formula is C18H15ClN4O. The van der Waals surface area contributed by atoms with Gasteiger partial charge in [-0.1, -0.05) is 29.8 Å². The molecule has 1 aliphatic rings. The van der Waals surface area contributed by atoms with Crippen molar-refractivity contribution in [2.24, 2.45) is 5.92 Å². The lowest BCUT2D eigenvalue weighted by Gasteiger charge is -2.07. The molecular weight excluding hydrogens is 324 g/mol.